The Morgan fingerprint density at radius 3 is 2.59 bits per heavy atom. The highest BCUT2D eigenvalue weighted by Gasteiger charge is 2.06. The second-order valence-corrected chi connectivity index (χ2v) is 5.76. The second-order valence-electron chi connectivity index (χ2n) is 4.85. The average Bonchev–Trinajstić information content (AvgIpc) is 2.54. The summed E-state index contributed by atoms with van der Waals surface area (Å²) in [6.45, 7) is 0.426. The average molecular weight is 359 g/mol. The molecule has 0 saturated heterocycles. The van der Waals surface area contributed by atoms with E-state index in [-0.39, 0.29) is 0 Å². The molecule has 0 aliphatic carbocycles. The quantitative estimate of drug-likeness (QED) is 0.760. The lowest BCUT2D eigenvalue weighted by atomic mass is 10.2. The van der Waals surface area contributed by atoms with Crippen LogP contribution in [0.5, 0.6) is 11.5 Å². The summed E-state index contributed by atoms with van der Waals surface area (Å²) in [4.78, 5) is 4.37. The molecule has 2 N–H and O–H groups in total. The largest absolute Gasteiger partial charge is 0.497 e. The molecule has 2 aromatic carbocycles. The monoisotopic (exact) mass is 358 g/mol. The number of hydrogen-bond acceptors (Lipinski definition) is 4. The van der Waals surface area contributed by atoms with E-state index in [2.05, 4.69) is 20.9 Å². The predicted molar refractivity (Wildman–Crippen MR) is 91.2 cm³/mol. The lowest BCUT2D eigenvalue weighted by Crippen LogP contribution is -2.01. The molecule has 112 valence electrons. The van der Waals surface area contributed by atoms with Crippen LogP contribution in [0.3, 0.4) is 0 Å². The summed E-state index contributed by atoms with van der Waals surface area (Å²) in [5.41, 5.74) is 7.85. The van der Waals surface area contributed by atoms with Crippen molar-refractivity contribution in [2.45, 2.75) is 6.61 Å². The minimum atomic E-state index is 0.392. The fraction of sp³-hybridized carbons (Fsp3) is 0.118. The molecule has 0 atom stereocenters. The van der Waals surface area contributed by atoms with E-state index in [1.54, 1.807) is 7.11 Å². The van der Waals surface area contributed by atoms with Crippen molar-refractivity contribution in [2.75, 3.05) is 12.8 Å². The fourth-order valence-electron chi connectivity index (χ4n) is 2.14. The number of nitrogen functional groups attached to an aromatic ring is 1. The highest BCUT2D eigenvalue weighted by Crippen LogP contribution is 2.27. The number of methoxy groups -OCH3 is 1. The first-order valence-corrected chi connectivity index (χ1v) is 7.56. The van der Waals surface area contributed by atoms with Crippen molar-refractivity contribution in [3.63, 3.8) is 0 Å². The lowest BCUT2D eigenvalue weighted by Gasteiger charge is -2.10. The zero-order valence-corrected chi connectivity index (χ0v) is 13.6. The Kier molecular flexibility index (Phi) is 4.15. The van der Waals surface area contributed by atoms with Crippen LogP contribution in [0.2, 0.25) is 0 Å². The maximum atomic E-state index is 5.97. The van der Waals surface area contributed by atoms with E-state index in [1.165, 1.54) is 0 Å². The van der Waals surface area contributed by atoms with Crippen molar-refractivity contribution in [3.05, 3.63) is 58.6 Å². The molecule has 4 nitrogen and oxygen atoms in total. The number of halogens is 1. The molecule has 0 aliphatic rings. The zero-order chi connectivity index (χ0) is 15.5. The van der Waals surface area contributed by atoms with Gasteiger partial charge in [0.15, 0.2) is 11.6 Å². The van der Waals surface area contributed by atoms with Crippen LogP contribution in [0.25, 0.3) is 10.9 Å². The number of nitrogens with two attached hydrogens (primary N) is 1. The van der Waals surface area contributed by atoms with E-state index in [0.717, 1.165) is 26.7 Å². The molecule has 0 fully saturated rings. The van der Waals surface area contributed by atoms with Crippen LogP contribution < -0.4 is 15.2 Å². The van der Waals surface area contributed by atoms with Crippen molar-refractivity contribution in [2.24, 2.45) is 0 Å². The maximum absolute atomic E-state index is 5.97. The molecular weight excluding hydrogens is 344 g/mol. The number of fused-ring (bicyclic) bond motifs is 1. The first kappa shape index (κ1) is 14.7. The summed E-state index contributed by atoms with van der Waals surface area (Å²) in [6, 6.07) is 15.5. The number of pyridine rings is 1. The molecule has 0 radical (unpaired) electrons. The van der Waals surface area contributed by atoms with Crippen LogP contribution >= 0.6 is 15.9 Å². The predicted octanol–water partition coefficient (Wildman–Crippen LogP) is 4.17. The van der Waals surface area contributed by atoms with Crippen LogP contribution in [-0.2, 0) is 6.61 Å². The van der Waals surface area contributed by atoms with Gasteiger partial charge >= 0.3 is 0 Å². The highest BCUT2D eigenvalue weighted by molar-refractivity contribution is 9.10. The second kappa shape index (κ2) is 6.23. The molecular formula is C17H15BrN2O2. The Hall–Kier alpha value is -2.27. The van der Waals surface area contributed by atoms with Crippen LogP contribution in [-0.4, -0.2) is 12.1 Å². The first-order chi connectivity index (χ1) is 10.7. The Morgan fingerprint density at radius 2 is 1.86 bits per heavy atom. The third-order valence-electron chi connectivity index (χ3n) is 3.32. The first-order valence-electron chi connectivity index (χ1n) is 6.77. The summed E-state index contributed by atoms with van der Waals surface area (Å²) in [7, 11) is 1.64. The number of hydrogen-bond donors (Lipinski definition) is 1. The molecule has 0 unspecified atom stereocenters. The van der Waals surface area contributed by atoms with Gasteiger partial charge in [-0.2, -0.15) is 0 Å². The molecule has 3 rings (SSSR count). The summed E-state index contributed by atoms with van der Waals surface area (Å²) >= 11 is 3.45. The molecule has 5 heteroatoms. The van der Waals surface area contributed by atoms with E-state index < -0.39 is 0 Å². The molecule has 0 spiro atoms. The Morgan fingerprint density at radius 1 is 1.09 bits per heavy atom. The third-order valence-corrected chi connectivity index (χ3v) is 3.82. The Labute approximate surface area is 137 Å². The summed E-state index contributed by atoms with van der Waals surface area (Å²) in [5.74, 6) is 1.80. The molecule has 1 heterocycles. The molecule has 0 amide bonds. The number of anilines is 1. The van der Waals surface area contributed by atoms with E-state index >= 15 is 0 Å². The van der Waals surface area contributed by atoms with Gasteiger partial charge in [-0.25, -0.2) is 4.98 Å². The summed E-state index contributed by atoms with van der Waals surface area (Å²) in [5, 5.41) is 0.980. The van der Waals surface area contributed by atoms with Crippen molar-refractivity contribution in [1.82, 2.24) is 4.98 Å². The van der Waals surface area contributed by atoms with E-state index in [9.17, 15) is 0 Å². The van der Waals surface area contributed by atoms with Crippen molar-refractivity contribution in [1.29, 1.82) is 0 Å². The number of benzene rings is 2. The smallest absolute Gasteiger partial charge is 0.166 e. The van der Waals surface area contributed by atoms with Gasteiger partial charge in [0.1, 0.15) is 12.4 Å². The van der Waals surface area contributed by atoms with E-state index in [4.69, 9.17) is 15.2 Å². The van der Waals surface area contributed by atoms with Gasteiger partial charge in [-0.1, -0.05) is 28.1 Å². The number of ether oxygens (including phenoxy) is 2. The molecule has 0 bridgehead atoms. The minimum absolute atomic E-state index is 0.392. The lowest BCUT2D eigenvalue weighted by molar-refractivity contribution is 0.307. The minimum Gasteiger partial charge on any atom is -0.497 e. The van der Waals surface area contributed by atoms with E-state index in [0.29, 0.717) is 18.2 Å². The summed E-state index contributed by atoms with van der Waals surface area (Å²) < 4.78 is 11.9. The van der Waals surface area contributed by atoms with Crippen LogP contribution in [0.15, 0.2) is 53.0 Å². The van der Waals surface area contributed by atoms with Gasteiger partial charge in [0.25, 0.3) is 0 Å². The molecule has 22 heavy (non-hydrogen) atoms. The SMILES string of the molecule is COc1ccc(COc2cc3cc(Br)ccc3nc2N)cc1. The highest BCUT2D eigenvalue weighted by atomic mass is 79.9. The van der Waals surface area contributed by atoms with Gasteiger partial charge in [0.05, 0.1) is 12.6 Å². The Balaban J connectivity index is 1.81. The standard InChI is InChI=1S/C17H15BrN2O2/c1-21-14-5-2-11(3-6-14)10-22-16-9-12-8-13(18)4-7-15(12)20-17(16)19/h2-9H,10H2,1H3,(H2,19,20). The number of nitrogens with zero attached hydrogens (tertiary/aromatic N) is 1. The van der Waals surface area contributed by atoms with Crippen molar-refractivity contribution < 1.29 is 9.47 Å². The maximum Gasteiger partial charge on any atom is 0.166 e. The zero-order valence-electron chi connectivity index (χ0n) is 12.0. The van der Waals surface area contributed by atoms with Crippen molar-refractivity contribution in [3.8, 4) is 11.5 Å². The van der Waals surface area contributed by atoms with Gasteiger partial charge < -0.3 is 15.2 Å². The van der Waals surface area contributed by atoms with Crippen LogP contribution in [0, 0.1) is 0 Å². The van der Waals surface area contributed by atoms with Crippen LogP contribution in [0.4, 0.5) is 5.82 Å². The van der Waals surface area contributed by atoms with Gasteiger partial charge in [-0.05, 0) is 42.0 Å². The topological polar surface area (TPSA) is 57.4 Å². The van der Waals surface area contributed by atoms with Gasteiger partial charge in [0.2, 0.25) is 0 Å². The van der Waals surface area contributed by atoms with E-state index in [1.807, 2.05) is 48.5 Å². The molecule has 3 aromatic rings. The normalized spacial score (nSPS) is 10.6. The van der Waals surface area contributed by atoms with Crippen LogP contribution in [0.1, 0.15) is 5.56 Å². The molecule has 1 aromatic heterocycles. The number of aromatic nitrogens is 1. The molecule has 0 saturated carbocycles. The molecule has 0 aliphatic heterocycles. The fourth-order valence-corrected chi connectivity index (χ4v) is 2.52. The Bertz CT molecular complexity index is 804. The van der Waals surface area contributed by atoms with Gasteiger partial charge in [0, 0.05) is 9.86 Å². The number of rotatable bonds is 4. The summed E-state index contributed by atoms with van der Waals surface area (Å²) in [6.07, 6.45) is 0. The van der Waals surface area contributed by atoms with Gasteiger partial charge in [-0.15, -0.1) is 0 Å². The third kappa shape index (κ3) is 3.14. The van der Waals surface area contributed by atoms with Gasteiger partial charge in [-0.3, -0.25) is 0 Å². The van der Waals surface area contributed by atoms with Crippen molar-refractivity contribution >= 4 is 32.7 Å².